The number of aromatic nitrogens is 3. The molecule has 3 nitrogen and oxygen atoms in total. The van der Waals surface area contributed by atoms with Gasteiger partial charge in [-0.15, -0.1) is 11.3 Å². The van der Waals surface area contributed by atoms with Crippen LogP contribution < -0.4 is 0 Å². The molecule has 0 amide bonds. The minimum atomic E-state index is 0.796. The van der Waals surface area contributed by atoms with Gasteiger partial charge in [0.2, 0.25) is 0 Å². The van der Waals surface area contributed by atoms with Gasteiger partial charge in [-0.3, -0.25) is 4.98 Å². The Balaban J connectivity index is 1.58. The van der Waals surface area contributed by atoms with Gasteiger partial charge < -0.3 is 4.57 Å². The lowest BCUT2D eigenvalue weighted by molar-refractivity contribution is 0.744. The Labute approximate surface area is 170 Å². The lowest BCUT2D eigenvalue weighted by atomic mass is 10.1. The summed E-state index contributed by atoms with van der Waals surface area (Å²) in [6.45, 7) is 9.30. The minimum absolute atomic E-state index is 0.796. The SMILES string of the molecule is Cc1ccc(Cc2c(C)ncn2Cc2cnc(-c3cc(C)cs3)cc2C)cc1. The molecule has 0 aliphatic heterocycles. The monoisotopic (exact) mass is 387 g/mol. The van der Waals surface area contributed by atoms with Crippen molar-refractivity contribution >= 4 is 11.3 Å². The topological polar surface area (TPSA) is 30.7 Å². The van der Waals surface area contributed by atoms with Gasteiger partial charge >= 0.3 is 0 Å². The predicted molar refractivity (Wildman–Crippen MR) is 117 cm³/mol. The molecule has 142 valence electrons. The molecule has 28 heavy (non-hydrogen) atoms. The van der Waals surface area contributed by atoms with Crippen molar-refractivity contribution in [1.82, 2.24) is 14.5 Å². The standard InChI is InChI=1S/C24H25N3S/c1-16-5-7-20(8-6-16)11-23-19(4)26-15-27(23)13-21-12-25-22(10-18(21)3)24-9-17(2)14-28-24/h5-10,12,14-15H,11,13H2,1-4H3. The zero-order valence-electron chi connectivity index (χ0n) is 16.9. The van der Waals surface area contributed by atoms with Crippen molar-refractivity contribution in [2.24, 2.45) is 0 Å². The fourth-order valence-corrected chi connectivity index (χ4v) is 4.27. The van der Waals surface area contributed by atoms with Crippen molar-refractivity contribution in [2.45, 2.75) is 40.7 Å². The summed E-state index contributed by atoms with van der Waals surface area (Å²) in [5.41, 5.74) is 9.81. The van der Waals surface area contributed by atoms with E-state index in [4.69, 9.17) is 4.98 Å². The molecule has 3 aromatic heterocycles. The van der Waals surface area contributed by atoms with Crippen LogP contribution in [0.2, 0.25) is 0 Å². The Morgan fingerprint density at radius 2 is 1.71 bits per heavy atom. The zero-order valence-corrected chi connectivity index (χ0v) is 17.7. The molecule has 1 aromatic carbocycles. The summed E-state index contributed by atoms with van der Waals surface area (Å²) in [6, 6.07) is 13.2. The maximum atomic E-state index is 4.73. The van der Waals surface area contributed by atoms with Crippen LogP contribution in [0.3, 0.4) is 0 Å². The van der Waals surface area contributed by atoms with Crippen LogP contribution in [-0.4, -0.2) is 14.5 Å². The summed E-state index contributed by atoms with van der Waals surface area (Å²) in [6.07, 6.45) is 4.87. The summed E-state index contributed by atoms with van der Waals surface area (Å²) in [7, 11) is 0. The van der Waals surface area contributed by atoms with Crippen LogP contribution in [0.25, 0.3) is 10.6 Å². The molecule has 0 unspecified atom stereocenters. The highest BCUT2D eigenvalue weighted by Crippen LogP contribution is 2.27. The van der Waals surface area contributed by atoms with Crippen LogP contribution in [0.1, 0.15) is 39.2 Å². The molecule has 0 aliphatic carbocycles. The normalized spacial score (nSPS) is 11.1. The largest absolute Gasteiger partial charge is 0.329 e. The lowest BCUT2D eigenvalue weighted by Crippen LogP contribution is -2.07. The maximum Gasteiger partial charge on any atom is 0.0954 e. The van der Waals surface area contributed by atoms with E-state index in [1.807, 2.05) is 12.5 Å². The van der Waals surface area contributed by atoms with Gasteiger partial charge in [-0.1, -0.05) is 29.8 Å². The van der Waals surface area contributed by atoms with Crippen LogP contribution in [0.4, 0.5) is 0 Å². The third-order valence-corrected chi connectivity index (χ3v) is 6.26. The molecule has 3 heterocycles. The third-order valence-electron chi connectivity index (χ3n) is 5.19. The van der Waals surface area contributed by atoms with Gasteiger partial charge in [0.15, 0.2) is 0 Å². The van der Waals surface area contributed by atoms with Crippen molar-refractivity contribution in [3.05, 3.63) is 93.5 Å². The summed E-state index contributed by atoms with van der Waals surface area (Å²) < 4.78 is 2.26. The number of hydrogen-bond donors (Lipinski definition) is 0. The molecular formula is C24H25N3S. The molecule has 0 saturated carbocycles. The fourth-order valence-electron chi connectivity index (χ4n) is 3.41. The Kier molecular flexibility index (Phi) is 5.14. The van der Waals surface area contributed by atoms with Crippen molar-refractivity contribution < 1.29 is 0 Å². The van der Waals surface area contributed by atoms with E-state index in [9.17, 15) is 0 Å². The molecule has 4 rings (SSSR count). The van der Waals surface area contributed by atoms with Crippen molar-refractivity contribution in [3.63, 3.8) is 0 Å². The Morgan fingerprint density at radius 1 is 0.929 bits per heavy atom. The Morgan fingerprint density at radius 3 is 2.39 bits per heavy atom. The second-order valence-electron chi connectivity index (χ2n) is 7.55. The van der Waals surface area contributed by atoms with Crippen LogP contribution in [0, 0.1) is 27.7 Å². The minimum Gasteiger partial charge on any atom is -0.329 e. The zero-order chi connectivity index (χ0) is 19.7. The quantitative estimate of drug-likeness (QED) is 0.428. The molecule has 0 spiro atoms. The van der Waals surface area contributed by atoms with E-state index < -0.39 is 0 Å². The second-order valence-corrected chi connectivity index (χ2v) is 8.46. The second kappa shape index (κ2) is 7.72. The van der Waals surface area contributed by atoms with Crippen LogP contribution in [0.15, 0.2) is 54.3 Å². The number of imidazole rings is 1. The highest BCUT2D eigenvalue weighted by atomic mass is 32.1. The molecule has 0 aliphatic rings. The highest BCUT2D eigenvalue weighted by molar-refractivity contribution is 7.13. The predicted octanol–water partition coefficient (Wildman–Crippen LogP) is 5.88. The smallest absolute Gasteiger partial charge is 0.0954 e. The summed E-state index contributed by atoms with van der Waals surface area (Å²) in [5, 5.41) is 2.17. The number of benzene rings is 1. The number of nitrogens with zero attached hydrogens (tertiary/aromatic N) is 3. The van der Waals surface area contributed by atoms with E-state index in [-0.39, 0.29) is 0 Å². The molecule has 0 atom stereocenters. The maximum absolute atomic E-state index is 4.73. The van der Waals surface area contributed by atoms with E-state index in [0.717, 1.165) is 24.4 Å². The molecule has 4 heteroatoms. The fraction of sp³-hybridized carbons (Fsp3) is 0.250. The number of aryl methyl sites for hydroxylation is 4. The first-order valence-electron chi connectivity index (χ1n) is 9.57. The summed E-state index contributed by atoms with van der Waals surface area (Å²) in [4.78, 5) is 10.5. The summed E-state index contributed by atoms with van der Waals surface area (Å²) >= 11 is 1.75. The average molecular weight is 388 g/mol. The number of thiophene rings is 1. The Hall–Kier alpha value is -2.72. The Bertz CT molecular complexity index is 1100. The van der Waals surface area contributed by atoms with Gasteiger partial charge in [0.1, 0.15) is 0 Å². The van der Waals surface area contributed by atoms with Gasteiger partial charge in [0, 0.05) is 18.3 Å². The van der Waals surface area contributed by atoms with E-state index >= 15 is 0 Å². The molecule has 0 saturated heterocycles. The highest BCUT2D eigenvalue weighted by Gasteiger charge is 2.11. The molecule has 4 aromatic rings. The van der Waals surface area contributed by atoms with E-state index in [1.165, 1.54) is 38.4 Å². The van der Waals surface area contributed by atoms with Crippen molar-refractivity contribution in [2.75, 3.05) is 0 Å². The number of rotatable bonds is 5. The first kappa shape index (κ1) is 18.6. The van der Waals surface area contributed by atoms with E-state index in [2.05, 4.69) is 79.0 Å². The van der Waals surface area contributed by atoms with Gasteiger partial charge in [0.05, 0.1) is 29.1 Å². The number of hydrogen-bond acceptors (Lipinski definition) is 3. The van der Waals surface area contributed by atoms with Crippen molar-refractivity contribution in [1.29, 1.82) is 0 Å². The molecule has 0 bridgehead atoms. The van der Waals surface area contributed by atoms with Gasteiger partial charge in [-0.2, -0.15) is 0 Å². The molecule has 0 fully saturated rings. The van der Waals surface area contributed by atoms with Crippen molar-refractivity contribution in [3.8, 4) is 10.6 Å². The lowest BCUT2D eigenvalue weighted by Gasteiger charge is -2.12. The third kappa shape index (κ3) is 3.92. The van der Waals surface area contributed by atoms with Gasteiger partial charge in [-0.05, 0) is 67.5 Å². The van der Waals surface area contributed by atoms with E-state index in [0.29, 0.717) is 0 Å². The number of pyridine rings is 1. The van der Waals surface area contributed by atoms with Crippen LogP contribution in [-0.2, 0) is 13.0 Å². The average Bonchev–Trinajstić information content (AvgIpc) is 3.26. The molecule has 0 radical (unpaired) electrons. The first-order valence-corrected chi connectivity index (χ1v) is 10.4. The first-order chi connectivity index (χ1) is 13.5. The molecule has 0 N–H and O–H groups in total. The summed E-state index contributed by atoms with van der Waals surface area (Å²) in [5.74, 6) is 0. The van der Waals surface area contributed by atoms with E-state index in [1.54, 1.807) is 11.3 Å². The van der Waals surface area contributed by atoms with Gasteiger partial charge in [-0.25, -0.2) is 4.98 Å². The molecular weight excluding hydrogens is 362 g/mol. The van der Waals surface area contributed by atoms with Gasteiger partial charge in [0.25, 0.3) is 0 Å². The van der Waals surface area contributed by atoms with Crippen LogP contribution >= 0.6 is 11.3 Å². The van der Waals surface area contributed by atoms with Crippen LogP contribution in [0.5, 0.6) is 0 Å².